The van der Waals surface area contributed by atoms with Crippen LogP contribution in [-0.2, 0) is 14.4 Å². The van der Waals surface area contributed by atoms with Gasteiger partial charge in [-0.05, 0) is 42.5 Å². The van der Waals surface area contributed by atoms with Crippen LogP contribution < -0.4 is 24.2 Å². The number of ether oxygens (including phenoxy) is 3. The number of carbonyl (C=O) groups excluding carboxylic acids is 2. The van der Waals surface area contributed by atoms with Crippen LogP contribution in [0.2, 0.25) is 5.02 Å². The van der Waals surface area contributed by atoms with Crippen LogP contribution in [0.4, 0.5) is 17.1 Å². The average Bonchev–Trinajstić information content (AvgIpc) is 3.43. The summed E-state index contributed by atoms with van der Waals surface area (Å²) in [6.45, 7) is 0. The monoisotopic (exact) mass is 539 g/mol. The Morgan fingerprint density at radius 1 is 0.895 bits per heavy atom. The second-order valence-corrected chi connectivity index (χ2v) is 8.95. The van der Waals surface area contributed by atoms with E-state index < -0.39 is 34.8 Å². The number of hydrogen-bond acceptors (Lipinski definition) is 9. The second kappa shape index (κ2) is 9.84. The molecule has 0 saturated carbocycles. The van der Waals surface area contributed by atoms with E-state index in [0.29, 0.717) is 22.0 Å². The maximum absolute atomic E-state index is 13.9. The lowest BCUT2D eigenvalue weighted by Crippen LogP contribution is -2.37. The Labute approximate surface area is 222 Å². The first kappa shape index (κ1) is 25.3. The number of anilines is 2. The molecule has 0 bridgehead atoms. The fraction of sp³-hybridized carbons (Fsp3) is 0.231. The zero-order chi connectivity index (χ0) is 27.1. The minimum Gasteiger partial charge on any atom is -0.493 e. The lowest BCUT2D eigenvalue weighted by molar-refractivity contribution is -0.384. The van der Waals surface area contributed by atoms with Gasteiger partial charge in [0.25, 0.3) is 11.6 Å². The number of carbonyl (C=O) groups is 2. The van der Waals surface area contributed by atoms with E-state index in [4.69, 9.17) is 30.6 Å². The Hall–Kier alpha value is -4.35. The van der Waals surface area contributed by atoms with Crippen LogP contribution in [0.1, 0.15) is 11.6 Å². The Balaban J connectivity index is 1.67. The van der Waals surface area contributed by atoms with Gasteiger partial charge in [-0.15, -0.1) is 0 Å². The highest BCUT2D eigenvalue weighted by Gasteiger charge is 2.61. The number of hydrogen-bond donors (Lipinski definition) is 0. The molecule has 2 aliphatic rings. The summed E-state index contributed by atoms with van der Waals surface area (Å²) in [6.07, 6.45) is -1.19. The summed E-state index contributed by atoms with van der Waals surface area (Å²) < 4.78 is 16.6. The van der Waals surface area contributed by atoms with Gasteiger partial charge in [-0.1, -0.05) is 17.7 Å². The van der Waals surface area contributed by atoms with Crippen molar-refractivity contribution in [3.8, 4) is 17.2 Å². The molecule has 12 heteroatoms. The summed E-state index contributed by atoms with van der Waals surface area (Å²) in [5.41, 5.74) is 0.918. The van der Waals surface area contributed by atoms with Crippen molar-refractivity contribution in [2.24, 2.45) is 5.92 Å². The third kappa shape index (κ3) is 3.96. The summed E-state index contributed by atoms with van der Waals surface area (Å²) in [7, 11) is 4.36. The first-order valence-electron chi connectivity index (χ1n) is 11.4. The number of nitro benzene ring substituents is 1. The SMILES string of the molecule is COc1ccc(C2C3C(=O)N(c4ccc(Cl)cc4)C(=O)C3ON2c2cccc([N+](=O)[O-])c2)c(OC)c1OC. The molecule has 196 valence electrons. The number of halogens is 1. The highest BCUT2D eigenvalue weighted by Crippen LogP contribution is 2.52. The molecule has 2 saturated heterocycles. The Morgan fingerprint density at radius 2 is 1.61 bits per heavy atom. The minimum absolute atomic E-state index is 0.179. The van der Waals surface area contributed by atoms with Crippen LogP contribution in [0.3, 0.4) is 0 Å². The van der Waals surface area contributed by atoms with E-state index in [1.54, 1.807) is 42.5 Å². The van der Waals surface area contributed by atoms with Gasteiger partial charge < -0.3 is 14.2 Å². The lowest BCUT2D eigenvalue weighted by Gasteiger charge is -2.30. The Kier molecular flexibility index (Phi) is 6.55. The van der Waals surface area contributed by atoms with Crippen LogP contribution >= 0.6 is 11.6 Å². The summed E-state index contributed by atoms with van der Waals surface area (Å²) in [4.78, 5) is 45.5. The van der Waals surface area contributed by atoms with Crippen LogP contribution in [0.15, 0.2) is 60.7 Å². The molecule has 38 heavy (non-hydrogen) atoms. The zero-order valence-corrected chi connectivity index (χ0v) is 21.2. The van der Waals surface area contributed by atoms with Gasteiger partial charge in [0.2, 0.25) is 11.7 Å². The molecule has 2 amide bonds. The van der Waals surface area contributed by atoms with E-state index in [1.807, 2.05) is 0 Å². The number of amides is 2. The molecule has 5 rings (SSSR count). The van der Waals surface area contributed by atoms with E-state index in [-0.39, 0.29) is 22.9 Å². The Morgan fingerprint density at radius 3 is 2.24 bits per heavy atom. The maximum Gasteiger partial charge on any atom is 0.271 e. The molecule has 0 aliphatic carbocycles. The molecule has 2 aliphatic heterocycles. The van der Waals surface area contributed by atoms with E-state index >= 15 is 0 Å². The van der Waals surface area contributed by atoms with Crippen molar-refractivity contribution in [2.45, 2.75) is 12.1 Å². The van der Waals surface area contributed by atoms with Gasteiger partial charge in [0.05, 0.1) is 37.6 Å². The minimum atomic E-state index is -1.19. The molecule has 3 aromatic rings. The van der Waals surface area contributed by atoms with Gasteiger partial charge in [-0.2, -0.15) is 0 Å². The van der Waals surface area contributed by atoms with Crippen molar-refractivity contribution in [3.05, 3.63) is 81.4 Å². The van der Waals surface area contributed by atoms with Gasteiger partial charge >= 0.3 is 0 Å². The predicted octanol–water partition coefficient (Wildman–Crippen LogP) is 4.33. The molecule has 0 spiro atoms. The smallest absolute Gasteiger partial charge is 0.271 e. The van der Waals surface area contributed by atoms with E-state index in [0.717, 1.165) is 4.90 Å². The normalized spacial score (nSPS) is 20.5. The highest BCUT2D eigenvalue weighted by molar-refractivity contribution is 6.31. The zero-order valence-electron chi connectivity index (χ0n) is 20.5. The van der Waals surface area contributed by atoms with Crippen molar-refractivity contribution in [3.63, 3.8) is 0 Å². The fourth-order valence-electron chi connectivity index (χ4n) is 4.90. The average molecular weight is 540 g/mol. The first-order chi connectivity index (χ1) is 18.3. The summed E-state index contributed by atoms with van der Waals surface area (Å²) in [6, 6.07) is 14.5. The standard InChI is InChI=1S/C26H22ClN3O8/c1-35-19-12-11-18(22(36-2)23(19)37-3)21-20-24(38-29(21)16-5-4-6-17(13-16)30(33)34)26(32)28(25(20)31)15-9-7-14(27)8-10-15/h4-13,20-21,24H,1-3H3. The van der Waals surface area contributed by atoms with Crippen molar-refractivity contribution in [2.75, 3.05) is 31.3 Å². The van der Waals surface area contributed by atoms with Gasteiger partial charge in [0.1, 0.15) is 12.0 Å². The van der Waals surface area contributed by atoms with Crippen molar-refractivity contribution < 1.29 is 33.6 Å². The van der Waals surface area contributed by atoms with Gasteiger partial charge in [-0.3, -0.25) is 24.5 Å². The van der Waals surface area contributed by atoms with Crippen molar-refractivity contribution >= 4 is 40.5 Å². The molecule has 0 N–H and O–H groups in total. The molecule has 0 radical (unpaired) electrons. The fourth-order valence-corrected chi connectivity index (χ4v) is 5.03. The van der Waals surface area contributed by atoms with Crippen molar-refractivity contribution in [1.82, 2.24) is 0 Å². The number of imide groups is 1. The maximum atomic E-state index is 13.9. The topological polar surface area (TPSA) is 121 Å². The molecule has 2 heterocycles. The third-order valence-electron chi connectivity index (χ3n) is 6.55. The van der Waals surface area contributed by atoms with E-state index in [9.17, 15) is 19.7 Å². The lowest BCUT2D eigenvalue weighted by atomic mass is 9.89. The number of methoxy groups -OCH3 is 3. The van der Waals surface area contributed by atoms with Crippen LogP contribution in [-0.4, -0.2) is 44.2 Å². The van der Waals surface area contributed by atoms with Crippen LogP contribution in [0.5, 0.6) is 17.2 Å². The quantitative estimate of drug-likeness (QED) is 0.245. The van der Waals surface area contributed by atoms with Crippen molar-refractivity contribution in [1.29, 1.82) is 0 Å². The summed E-state index contributed by atoms with van der Waals surface area (Å²) >= 11 is 6.00. The molecule has 2 fully saturated rings. The molecule has 3 unspecified atom stereocenters. The largest absolute Gasteiger partial charge is 0.493 e. The number of nitro groups is 1. The second-order valence-electron chi connectivity index (χ2n) is 8.51. The summed E-state index contributed by atoms with van der Waals surface area (Å²) in [5, 5.41) is 13.3. The third-order valence-corrected chi connectivity index (χ3v) is 6.80. The molecule has 3 atom stereocenters. The van der Waals surface area contributed by atoms with Crippen LogP contribution in [0.25, 0.3) is 0 Å². The highest BCUT2D eigenvalue weighted by atomic mass is 35.5. The first-order valence-corrected chi connectivity index (χ1v) is 11.8. The number of rotatable bonds is 7. The molecule has 3 aromatic carbocycles. The number of hydroxylamine groups is 1. The Bertz CT molecular complexity index is 1430. The van der Waals surface area contributed by atoms with Gasteiger partial charge in [-0.25, -0.2) is 9.96 Å². The summed E-state index contributed by atoms with van der Waals surface area (Å²) in [5.74, 6) is -1.15. The molecule has 0 aromatic heterocycles. The number of non-ortho nitro benzene ring substituents is 1. The van der Waals surface area contributed by atoms with Gasteiger partial charge in [0, 0.05) is 22.7 Å². The number of fused-ring (bicyclic) bond motifs is 1. The number of benzene rings is 3. The number of nitrogens with zero attached hydrogens (tertiary/aromatic N) is 3. The molecular formula is C26H22ClN3O8. The van der Waals surface area contributed by atoms with Gasteiger partial charge in [0.15, 0.2) is 17.6 Å². The predicted molar refractivity (Wildman–Crippen MR) is 137 cm³/mol. The van der Waals surface area contributed by atoms with E-state index in [1.165, 1.54) is 44.6 Å². The van der Waals surface area contributed by atoms with Crippen LogP contribution in [0, 0.1) is 16.0 Å². The van der Waals surface area contributed by atoms with E-state index in [2.05, 4.69) is 0 Å². The molecular weight excluding hydrogens is 518 g/mol. The molecule has 11 nitrogen and oxygen atoms in total.